The molecule has 18 heavy (non-hydrogen) atoms. The summed E-state index contributed by atoms with van der Waals surface area (Å²) in [7, 11) is 0. The minimum atomic E-state index is -0.649. The fourth-order valence-corrected chi connectivity index (χ4v) is 1.72. The summed E-state index contributed by atoms with van der Waals surface area (Å²) in [5.74, 6) is 0. The second-order valence-electron chi connectivity index (χ2n) is 3.63. The monoisotopic (exact) mass is 239 g/mol. The molecular formula is C14H11N2O2. The van der Waals surface area contributed by atoms with E-state index in [-0.39, 0.29) is 0 Å². The lowest BCUT2D eigenvalue weighted by Gasteiger charge is -2.21. The molecule has 0 heterocycles. The van der Waals surface area contributed by atoms with Gasteiger partial charge in [0, 0.05) is 0 Å². The zero-order valence-corrected chi connectivity index (χ0v) is 9.54. The summed E-state index contributed by atoms with van der Waals surface area (Å²) in [4.78, 5) is 23.7. The number of urea groups is 1. The Morgan fingerprint density at radius 3 is 2.22 bits per heavy atom. The minimum Gasteiger partial charge on any atom is -0.351 e. The molecule has 2 aromatic rings. The van der Waals surface area contributed by atoms with Gasteiger partial charge in [-0.2, -0.15) is 0 Å². The zero-order chi connectivity index (χ0) is 13.0. The normalized spacial score (nSPS) is 9.78. The van der Waals surface area contributed by atoms with E-state index in [1.807, 2.05) is 6.07 Å². The number of carbonyl (C=O) groups is 1. The highest BCUT2D eigenvalue weighted by molar-refractivity contribution is 6.02. The second-order valence-corrected chi connectivity index (χ2v) is 3.63. The summed E-state index contributed by atoms with van der Waals surface area (Å²) in [5.41, 5.74) is 6.70. The van der Waals surface area contributed by atoms with Gasteiger partial charge in [-0.3, -0.25) is 9.69 Å². The minimum absolute atomic E-state index is 0.292. The molecule has 0 saturated carbocycles. The van der Waals surface area contributed by atoms with Crippen molar-refractivity contribution in [1.82, 2.24) is 0 Å². The largest absolute Gasteiger partial charge is 0.351 e. The molecule has 2 amide bonds. The highest BCUT2D eigenvalue weighted by atomic mass is 16.2. The molecule has 89 valence electrons. The van der Waals surface area contributed by atoms with Crippen LogP contribution in [0.3, 0.4) is 0 Å². The Morgan fingerprint density at radius 1 is 1.00 bits per heavy atom. The Balaban J connectivity index is 2.56. The number of benzene rings is 2. The first-order valence-corrected chi connectivity index (χ1v) is 5.36. The van der Waals surface area contributed by atoms with E-state index in [4.69, 9.17) is 5.73 Å². The molecule has 0 bridgehead atoms. The molecule has 0 aliphatic heterocycles. The van der Waals surface area contributed by atoms with Crippen LogP contribution in [0.5, 0.6) is 0 Å². The molecule has 0 aromatic heterocycles. The SMILES string of the molecule is NC(=O)N(c1ccccc1)c1ccccc1[C]=O. The average molecular weight is 239 g/mol. The van der Waals surface area contributed by atoms with Gasteiger partial charge in [-0.1, -0.05) is 30.3 Å². The van der Waals surface area contributed by atoms with E-state index < -0.39 is 6.03 Å². The van der Waals surface area contributed by atoms with E-state index in [2.05, 4.69) is 0 Å². The van der Waals surface area contributed by atoms with Gasteiger partial charge in [-0.15, -0.1) is 0 Å². The number of anilines is 2. The van der Waals surface area contributed by atoms with Crippen molar-refractivity contribution in [2.45, 2.75) is 0 Å². The predicted octanol–water partition coefficient (Wildman–Crippen LogP) is 2.36. The van der Waals surface area contributed by atoms with Gasteiger partial charge >= 0.3 is 6.03 Å². The summed E-state index contributed by atoms with van der Waals surface area (Å²) in [5, 5.41) is 0. The summed E-state index contributed by atoms with van der Waals surface area (Å²) >= 11 is 0. The lowest BCUT2D eigenvalue weighted by molar-refractivity contribution is 0.256. The van der Waals surface area contributed by atoms with Crippen molar-refractivity contribution < 1.29 is 9.59 Å². The molecule has 0 atom stereocenters. The lowest BCUT2D eigenvalue weighted by Crippen LogP contribution is -2.32. The topological polar surface area (TPSA) is 63.4 Å². The van der Waals surface area contributed by atoms with Crippen LogP contribution in [0.2, 0.25) is 0 Å². The zero-order valence-electron chi connectivity index (χ0n) is 9.54. The third-order valence-electron chi connectivity index (χ3n) is 2.49. The second kappa shape index (κ2) is 5.14. The van der Waals surface area contributed by atoms with Crippen LogP contribution in [0.4, 0.5) is 16.2 Å². The molecule has 0 spiro atoms. The van der Waals surface area contributed by atoms with Gasteiger partial charge in [0.1, 0.15) is 0 Å². The number of nitrogens with two attached hydrogens (primary N) is 1. The number of carbonyl (C=O) groups excluding carboxylic acids is 2. The highest BCUT2D eigenvalue weighted by Crippen LogP contribution is 2.27. The van der Waals surface area contributed by atoms with Crippen LogP contribution < -0.4 is 10.6 Å². The van der Waals surface area contributed by atoms with Crippen molar-refractivity contribution in [1.29, 1.82) is 0 Å². The molecule has 1 radical (unpaired) electrons. The van der Waals surface area contributed by atoms with E-state index in [1.165, 1.54) is 4.90 Å². The first-order valence-electron chi connectivity index (χ1n) is 5.36. The van der Waals surface area contributed by atoms with Crippen molar-refractivity contribution >= 4 is 23.7 Å². The quantitative estimate of drug-likeness (QED) is 0.893. The molecule has 0 aliphatic carbocycles. The van der Waals surface area contributed by atoms with Crippen molar-refractivity contribution in [3.63, 3.8) is 0 Å². The van der Waals surface area contributed by atoms with Crippen LogP contribution in [0.1, 0.15) is 5.56 Å². The molecule has 4 nitrogen and oxygen atoms in total. The molecule has 2 rings (SSSR count). The number of hydrogen-bond donors (Lipinski definition) is 1. The maximum atomic E-state index is 11.6. The molecule has 2 aromatic carbocycles. The summed E-state index contributed by atoms with van der Waals surface area (Å²) < 4.78 is 0. The summed E-state index contributed by atoms with van der Waals surface area (Å²) in [6, 6.07) is 14.9. The van der Waals surface area contributed by atoms with E-state index in [9.17, 15) is 9.59 Å². The van der Waals surface area contributed by atoms with Crippen LogP contribution in [0.25, 0.3) is 0 Å². The van der Waals surface area contributed by atoms with Crippen LogP contribution >= 0.6 is 0 Å². The summed E-state index contributed by atoms with van der Waals surface area (Å²) in [6.45, 7) is 0. The van der Waals surface area contributed by atoms with Gasteiger partial charge in [0.25, 0.3) is 0 Å². The van der Waals surface area contributed by atoms with Crippen molar-refractivity contribution in [3.05, 3.63) is 60.2 Å². The number of rotatable bonds is 3. The maximum absolute atomic E-state index is 11.6. The standard InChI is InChI=1S/C14H11N2O2/c15-14(18)16(12-7-2-1-3-8-12)13-9-5-4-6-11(13)10-17/h1-9H,(H2,15,18). The molecule has 0 saturated heterocycles. The third-order valence-corrected chi connectivity index (χ3v) is 2.49. The number of primary amides is 1. The van der Waals surface area contributed by atoms with E-state index in [1.54, 1.807) is 54.8 Å². The number of para-hydroxylation sites is 2. The third kappa shape index (κ3) is 2.22. The Labute approximate surface area is 105 Å². The van der Waals surface area contributed by atoms with Gasteiger partial charge in [-0.05, 0) is 24.3 Å². The predicted molar refractivity (Wildman–Crippen MR) is 69.4 cm³/mol. The highest BCUT2D eigenvalue weighted by Gasteiger charge is 2.17. The van der Waals surface area contributed by atoms with Gasteiger partial charge in [-0.25, -0.2) is 4.79 Å². The molecule has 0 unspecified atom stereocenters. The smallest absolute Gasteiger partial charge is 0.323 e. The fourth-order valence-electron chi connectivity index (χ4n) is 1.72. The van der Waals surface area contributed by atoms with Crippen LogP contribution in [0.15, 0.2) is 54.6 Å². The van der Waals surface area contributed by atoms with Gasteiger partial charge < -0.3 is 5.73 Å². The first kappa shape index (κ1) is 11.9. The Bertz CT molecular complexity index is 567. The van der Waals surface area contributed by atoms with Gasteiger partial charge in [0.05, 0.1) is 16.9 Å². The maximum Gasteiger partial charge on any atom is 0.323 e. The molecule has 0 aliphatic rings. The molecule has 4 heteroatoms. The number of nitrogens with zero attached hydrogens (tertiary/aromatic N) is 1. The molecule has 2 N–H and O–H groups in total. The fraction of sp³-hybridized carbons (Fsp3) is 0. The van der Waals surface area contributed by atoms with E-state index in [0.29, 0.717) is 16.9 Å². The van der Waals surface area contributed by atoms with Crippen molar-refractivity contribution in [2.24, 2.45) is 5.73 Å². The van der Waals surface area contributed by atoms with Crippen molar-refractivity contribution in [2.75, 3.05) is 4.90 Å². The Morgan fingerprint density at radius 2 is 1.61 bits per heavy atom. The van der Waals surface area contributed by atoms with Crippen LogP contribution in [-0.4, -0.2) is 12.3 Å². The van der Waals surface area contributed by atoms with Crippen LogP contribution in [0, 0.1) is 0 Å². The van der Waals surface area contributed by atoms with E-state index in [0.717, 1.165) is 0 Å². The molecule has 0 fully saturated rings. The Hall–Kier alpha value is -2.62. The number of hydrogen-bond acceptors (Lipinski definition) is 2. The van der Waals surface area contributed by atoms with Crippen molar-refractivity contribution in [3.8, 4) is 0 Å². The van der Waals surface area contributed by atoms with E-state index >= 15 is 0 Å². The van der Waals surface area contributed by atoms with Gasteiger partial charge in [0.2, 0.25) is 6.29 Å². The average Bonchev–Trinajstić information content (AvgIpc) is 2.40. The van der Waals surface area contributed by atoms with Crippen LogP contribution in [-0.2, 0) is 4.79 Å². The first-order chi connectivity index (χ1) is 8.74. The van der Waals surface area contributed by atoms with Gasteiger partial charge in [0.15, 0.2) is 0 Å². The Kier molecular flexibility index (Phi) is 3.38. The number of amides is 2. The lowest BCUT2D eigenvalue weighted by atomic mass is 10.1. The summed E-state index contributed by atoms with van der Waals surface area (Å²) in [6.07, 6.45) is 1.80. The molecular weight excluding hydrogens is 228 g/mol.